The summed E-state index contributed by atoms with van der Waals surface area (Å²) in [4.78, 5) is 18.3. The highest BCUT2D eigenvalue weighted by Gasteiger charge is 2.45. The number of aliphatic hydroxyl groups excluding tert-OH is 2. The summed E-state index contributed by atoms with van der Waals surface area (Å²) >= 11 is 1.75. The lowest BCUT2D eigenvalue weighted by atomic mass is 9.95. The molecule has 296 valence electrons. The number of hydrogen-bond donors (Lipinski definition) is 3. The number of aryl methyl sites for hydroxylation is 1. The third-order valence-corrected chi connectivity index (χ3v) is 9.43. The summed E-state index contributed by atoms with van der Waals surface area (Å²) in [7, 11) is 2.93. The second-order valence-electron chi connectivity index (χ2n) is 13.4. The first-order valence-electron chi connectivity index (χ1n) is 19.4. The largest absolute Gasteiger partial charge is 0.508 e. The Kier molecular flexibility index (Phi) is 23.0. The summed E-state index contributed by atoms with van der Waals surface area (Å²) in [6.07, 6.45) is 15.9. The van der Waals surface area contributed by atoms with E-state index in [4.69, 9.17) is 14.8 Å². The monoisotopic (exact) mass is 748 g/mol. The molecule has 6 rings (SSSR count). The minimum Gasteiger partial charge on any atom is -0.508 e. The van der Waals surface area contributed by atoms with Gasteiger partial charge in [-0.3, -0.25) is 9.88 Å². The first-order valence-corrected chi connectivity index (χ1v) is 21.0. The van der Waals surface area contributed by atoms with Crippen LogP contribution in [0, 0.1) is 24.6 Å². The number of nitrogens with zero attached hydrogens (tertiary/aromatic N) is 5. The minimum absolute atomic E-state index is 0.0187. The lowest BCUT2D eigenvalue weighted by Crippen LogP contribution is -2.43. The van der Waals surface area contributed by atoms with Crippen LogP contribution < -0.4 is 9.64 Å². The SMILES string of the molecule is CC.CC.CC1CC1.CCC(CO)CCCN(C)c1nc(OCC23CCCN2CCC3)nc2c(F)c(-c3cc(C)cc(O)c3)ncc12.CO.CSC. The van der Waals surface area contributed by atoms with Crippen molar-refractivity contribution >= 4 is 28.5 Å². The molecule has 1 aliphatic carbocycles. The van der Waals surface area contributed by atoms with E-state index in [1.165, 1.54) is 18.9 Å². The van der Waals surface area contributed by atoms with Gasteiger partial charge in [0.1, 0.15) is 29.4 Å². The van der Waals surface area contributed by atoms with Gasteiger partial charge in [-0.25, -0.2) is 4.39 Å². The van der Waals surface area contributed by atoms with Gasteiger partial charge in [-0.1, -0.05) is 60.8 Å². The first-order chi connectivity index (χ1) is 25.1. The summed E-state index contributed by atoms with van der Waals surface area (Å²) in [6.45, 7) is 17.8. The molecule has 3 fully saturated rings. The molecule has 52 heavy (non-hydrogen) atoms. The number of aromatic hydroxyl groups is 1. The molecule has 11 heteroatoms. The van der Waals surface area contributed by atoms with Crippen LogP contribution >= 0.6 is 11.8 Å². The summed E-state index contributed by atoms with van der Waals surface area (Å²) in [5.41, 5.74) is 1.60. The van der Waals surface area contributed by atoms with Crippen molar-refractivity contribution < 1.29 is 24.4 Å². The average molecular weight is 748 g/mol. The van der Waals surface area contributed by atoms with Crippen molar-refractivity contribution in [2.75, 3.05) is 64.4 Å². The molecular formula is C41H70FN5O4S. The van der Waals surface area contributed by atoms with Crippen molar-refractivity contribution in [3.05, 3.63) is 35.8 Å². The van der Waals surface area contributed by atoms with Gasteiger partial charge in [0.15, 0.2) is 5.82 Å². The summed E-state index contributed by atoms with van der Waals surface area (Å²) in [6, 6.07) is 5.09. The standard InChI is InChI=1S/C30H40FN5O3.C4H8.C2H6S.2C2H6.CH4O/c1-4-21(18-37)8-5-11-35(3)28-24-17-32-26(22-14-20(2)15-23(38)16-22)25(31)27(24)33-29(34-28)39-19-30-9-6-12-36(30)13-7-10-30;1-4-2-3-4;1-3-2;3*1-2/h14-17,21,37-38H,4-13,18-19H2,1-3H3;4H,2-3H2,1H3;1-2H3;2*1-2H3;2H,1H3. The number of phenols is 1. The van der Waals surface area contributed by atoms with Crippen LogP contribution in [0.2, 0.25) is 0 Å². The molecule has 0 spiro atoms. The van der Waals surface area contributed by atoms with Gasteiger partial charge in [-0.05, 0) is 107 Å². The Hall–Kier alpha value is -2.73. The van der Waals surface area contributed by atoms with Crippen molar-refractivity contribution in [2.45, 2.75) is 112 Å². The highest BCUT2D eigenvalue weighted by Crippen LogP contribution is 2.39. The van der Waals surface area contributed by atoms with Gasteiger partial charge in [0.05, 0.1) is 10.9 Å². The van der Waals surface area contributed by atoms with Crippen LogP contribution in [-0.4, -0.2) is 100 Å². The Morgan fingerprint density at radius 2 is 1.65 bits per heavy atom. The molecule has 2 aromatic heterocycles. The van der Waals surface area contributed by atoms with Crippen LogP contribution in [0.15, 0.2) is 24.4 Å². The number of pyridine rings is 1. The molecule has 1 saturated carbocycles. The molecular weight excluding hydrogens is 678 g/mol. The Morgan fingerprint density at radius 1 is 1.06 bits per heavy atom. The molecule has 0 amide bonds. The Labute approximate surface area is 318 Å². The van der Waals surface area contributed by atoms with Crippen LogP contribution in [0.25, 0.3) is 22.2 Å². The highest BCUT2D eigenvalue weighted by molar-refractivity contribution is 7.97. The van der Waals surface area contributed by atoms with E-state index in [-0.39, 0.29) is 41.0 Å². The minimum atomic E-state index is -0.563. The Bertz CT molecular complexity index is 1390. The number of hydrogen-bond acceptors (Lipinski definition) is 10. The maximum atomic E-state index is 16.1. The predicted octanol–water partition coefficient (Wildman–Crippen LogP) is 9.14. The fourth-order valence-electron chi connectivity index (χ4n) is 6.45. The molecule has 2 saturated heterocycles. The second kappa shape index (κ2) is 25.3. The zero-order valence-corrected chi connectivity index (χ0v) is 35.0. The number of benzene rings is 1. The van der Waals surface area contributed by atoms with Crippen LogP contribution in [0.3, 0.4) is 0 Å². The first kappa shape index (κ1) is 47.3. The zero-order valence-electron chi connectivity index (χ0n) is 34.1. The lowest BCUT2D eigenvalue weighted by Gasteiger charge is -2.31. The number of aromatic nitrogens is 3. The van der Waals surface area contributed by atoms with E-state index >= 15 is 4.39 Å². The molecule has 2 aliphatic heterocycles. The van der Waals surface area contributed by atoms with Gasteiger partial charge in [0, 0.05) is 39.1 Å². The molecule has 3 aliphatic rings. The van der Waals surface area contributed by atoms with E-state index in [1.54, 1.807) is 30.1 Å². The van der Waals surface area contributed by atoms with Crippen molar-refractivity contribution in [3.63, 3.8) is 0 Å². The number of halogens is 1. The molecule has 1 unspecified atom stereocenters. The van der Waals surface area contributed by atoms with Crippen molar-refractivity contribution in [1.29, 1.82) is 0 Å². The number of aliphatic hydroxyl groups is 2. The number of ether oxygens (including phenoxy) is 1. The van der Waals surface area contributed by atoms with Crippen LogP contribution in [0.4, 0.5) is 10.2 Å². The quantitative estimate of drug-likeness (QED) is 0.175. The highest BCUT2D eigenvalue weighted by atomic mass is 32.2. The number of thioether (sulfide) groups is 1. The van der Waals surface area contributed by atoms with Crippen LogP contribution in [0.1, 0.15) is 105 Å². The average Bonchev–Trinajstić information content (AvgIpc) is 3.68. The smallest absolute Gasteiger partial charge is 0.319 e. The third kappa shape index (κ3) is 13.9. The molecule has 1 atom stereocenters. The topological polar surface area (TPSA) is 115 Å². The van der Waals surface area contributed by atoms with Gasteiger partial charge in [0.25, 0.3) is 0 Å². The van der Waals surface area contributed by atoms with E-state index in [9.17, 15) is 10.2 Å². The lowest BCUT2D eigenvalue weighted by molar-refractivity contribution is 0.108. The van der Waals surface area contributed by atoms with Gasteiger partial charge in [0.2, 0.25) is 0 Å². The van der Waals surface area contributed by atoms with Gasteiger partial charge < -0.3 is 25.0 Å². The molecule has 3 aromatic rings. The second-order valence-corrected chi connectivity index (χ2v) is 14.2. The number of phenolic OH excluding ortho intramolecular Hbond substituents is 1. The molecule has 0 radical (unpaired) electrons. The maximum Gasteiger partial charge on any atom is 0.319 e. The van der Waals surface area contributed by atoms with Gasteiger partial charge >= 0.3 is 6.01 Å². The van der Waals surface area contributed by atoms with Crippen molar-refractivity contribution in [3.8, 4) is 23.0 Å². The normalized spacial score (nSPS) is 15.8. The van der Waals surface area contributed by atoms with E-state index in [2.05, 4.69) is 28.7 Å². The zero-order chi connectivity index (χ0) is 39.3. The summed E-state index contributed by atoms with van der Waals surface area (Å²) < 4.78 is 22.4. The Balaban J connectivity index is 0.000000908. The van der Waals surface area contributed by atoms with Gasteiger partial charge in [-0.2, -0.15) is 21.7 Å². The number of anilines is 1. The predicted molar refractivity (Wildman–Crippen MR) is 219 cm³/mol. The fraction of sp³-hybridized carbons (Fsp3) is 0.683. The molecule has 9 nitrogen and oxygen atoms in total. The van der Waals surface area contributed by atoms with Crippen LogP contribution in [-0.2, 0) is 0 Å². The molecule has 1 aromatic carbocycles. The molecule has 0 bridgehead atoms. The van der Waals surface area contributed by atoms with Crippen molar-refractivity contribution in [2.24, 2.45) is 11.8 Å². The van der Waals surface area contributed by atoms with Crippen LogP contribution in [0.5, 0.6) is 11.8 Å². The molecule has 3 N–H and O–H groups in total. The third-order valence-electron chi connectivity index (χ3n) is 9.43. The van der Waals surface area contributed by atoms with Crippen molar-refractivity contribution in [1.82, 2.24) is 19.9 Å². The fourth-order valence-corrected chi connectivity index (χ4v) is 6.45. The summed E-state index contributed by atoms with van der Waals surface area (Å²) in [5.74, 6) is 1.42. The van der Waals surface area contributed by atoms with E-state index in [0.717, 1.165) is 76.6 Å². The summed E-state index contributed by atoms with van der Waals surface area (Å²) in [5, 5.41) is 27.2. The molecule has 4 heterocycles. The number of rotatable bonds is 11. The van der Waals surface area contributed by atoms with E-state index in [1.807, 2.05) is 59.1 Å². The maximum absolute atomic E-state index is 16.1. The Morgan fingerprint density at radius 3 is 2.17 bits per heavy atom. The van der Waals surface area contributed by atoms with Gasteiger partial charge in [-0.15, -0.1) is 0 Å². The van der Waals surface area contributed by atoms with E-state index < -0.39 is 5.82 Å². The number of fused-ring (bicyclic) bond motifs is 2. The van der Waals surface area contributed by atoms with E-state index in [0.29, 0.717) is 29.9 Å².